The quantitative estimate of drug-likeness (QED) is 0.836. The van der Waals surface area contributed by atoms with Gasteiger partial charge >= 0.3 is 0 Å². The molecule has 2 saturated heterocycles. The second-order valence-corrected chi connectivity index (χ2v) is 6.81. The molecule has 0 radical (unpaired) electrons. The topological polar surface area (TPSA) is 15.3 Å². The van der Waals surface area contributed by atoms with Crippen LogP contribution in [0.1, 0.15) is 46.0 Å². The van der Waals surface area contributed by atoms with E-state index in [1.54, 1.807) is 0 Å². The lowest BCUT2D eigenvalue weighted by molar-refractivity contribution is 0.141. The van der Waals surface area contributed by atoms with Gasteiger partial charge in [-0.15, -0.1) is 0 Å². The fourth-order valence-corrected chi connectivity index (χ4v) is 4.33. The molecule has 0 atom stereocenters. The van der Waals surface area contributed by atoms with Crippen molar-refractivity contribution >= 4 is 11.8 Å². The van der Waals surface area contributed by atoms with Crippen LogP contribution in [0, 0.1) is 0 Å². The van der Waals surface area contributed by atoms with E-state index in [1.807, 2.05) is 0 Å². The van der Waals surface area contributed by atoms with E-state index >= 15 is 0 Å². The normalized spacial score (nSPS) is 27.9. The van der Waals surface area contributed by atoms with E-state index in [9.17, 15) is 0 Å². The van der Waals surface area contributed by atoms with Crippen LogP contribution in [0.15, 0.2) is 0 Å². The molecule has 0 aromatic rings. The van der Waals surface area contributed by atoms with Crippen LogP contribution < -0.4 is 5.32 Å². The van der Waals surface area contributed by atoms with Gasteiger partial charge in [-0.1, -0.05) is 13.8 Å². The second-order valence-electron chi connectivity index (χ2n) is 5.58. The van der Waals surface area contributed by atoms with Crippen molar-refractivity contribution in [3.05, 3.63) is 0 Å². The van der Waals surface area contributed by atoms with Gasteiger partial charge in [-0.2, -0.15) is 11.8 Å². The highest BCUT2D eigenvalue weighted by Crippen LogP contribution is 2.26. The first kappa shape index (κ1) is 13.7. The van der Waals surface area contributed by atoms with Crippen LogP contribution in [0.5, 0.6) is 0 Å². The molecule has 3 heteroatoms. The Kier molecular flexibility index (Phi) is 5.19. The standard InChI is InChI=1S/C14H28N2S/c1-3-14(4-2)12-16(9-5-8-15-14)13-6-10-17-11-7-13/h13,15H,3-12H2,1-2H3. The van der Waals surface area contributed by atoms with Gasteiger partial charge in [0, 0.05) is 18.1 Å². The SMILES string of the molecule is CCC1(CC)CN(C2CCSCC2)CCCN1. The fourth-order valence-electron chi connectivity index (χ4n) is 3.24. The average molecular weight is 256 g/mol. The van der Waals surface area contributed by atoms with Gasteiger partial charge in [-0.3, -0.25) is 4.90 Å². The van der Waals surface area contributed by atoms with Crippen LogP contribution >= 0.6 is 11.8 Å². The summed E-state index contributed by atoms with van der Waals surface area (Å²) in [7, 11) is 0. The molecule has 2 nitrogen and oxygen atoms in total. The van der Waals surface area contributed by atoms with Crippen LogP contribution in [-0.2, 0) is 0 Å². The highest BCUT2D eigenvalue weighted by atomic mass is 32.2. The van der Waals surface area contributed by atoms with Crippen molar-refractivity contribution in [2.75, 3.05) is 31.1 Å². The Morgan fingerprint density at radius 1 is 1.24 bits per heavy atom. The summed E-state index contributed by atoms with van der Waals surface area (Å²) in [5, 5.41) is 3.82. The molecule has 0 unspecified atom stereocenters. The minimum absolute atomic E-state index is 0.390. The first-order valence-electron chi connectivity index (χ1n) is 7.36. The first-order valence-corrected chi connectivity index (χ1v) is 8.52. The molecule has 0 bridgehead atoms. The molecule has 2 rings (SSSR count). The first-order chi connectivity index (χ1) is 8.29. The number of hydrogen-bond acceptors (Lipinski definition) is 3. The number of thioether (sulfide) groups is 1. The second kappa shape index (κ2) is 6.44. The molecule has 2 aliphatic heterocycles. The Bertz CT molecular complexity index is 222. The smallest absolute Gasteiger partial charge is 0.0303 e. The summed E-state index contributed by atoms with van der Waals surface area (Å²) in [6.45, 7) is 8.48. The minimum atomic E-state index is 0.390. The summed E-state index contributed by atoms with van der Waals surface area (Å²) in [6, 6.07) is 0.869. The largest absolute Gasteiger partial charge is 0.310 e. The van der Waals surface area contributed by atoms with Crippen LogP contribution in [0.2, 0.25) is 0 Å². The summed E-state index contributed by atoms with van der Waals surface area (Å²) >= 11 is 2.14. The lowest BCUT2D eigenvalue weighted by Crippen LogP contribution is -2.53. The monoisotopic (exact) mass is 256 g/mol. The molecule has 0 aliphatic carbocycles. The summed E-state index contributed by atoms with van der Waals surface area (Å²) in [6.07, 6.45) is 6.68. The molecule has 2 heterocycles. The van der Waals surface area contributed by atoms with E-state index in [1.165, 1.54) is 63.2 Å². The van der Waals surface area contributed by atoms with Gasteiger partial charge < -0.3 is 5.32 Å². The van der Waals surface area contributed by atoms with Crippen LogP contribution in [-0.4, -0.2) is 47.6 Å². The third kappa shape index (κ3) is 3.39. The van der Waals surface area contributed by atoms with Crippen LogP contribution in [0.4, 0.5) is 0 Å². The summed E-state index contributed by atoms with van der Waals surface area (Å²) in [5.41, 5.74) is 0.390. The van der Waals surface area contributed by atoms with Crippen molar-refractivity contribution in [2.24, 2.45) is 0 Å². The highest BCUT2D eigenvalue weighted by molar-refractivity contribution is 7.99. The van der Waals surface area contributed by atoms with Crippen molar-refractivity contribution in [3.63, 3.8) is 0 Å². The zero-order chi connectivity index (χ0) is 12.1. The molecular formula is C14H28N2S. The zero-order valence-electron chi connectivity index (χ0n) is 11.5. The van der Waals surface area contributed by atoms with E-state index in [0.29, 0.717) is 5.54 Å². The molecule has 0 aromatic heterocycles. The predicted molar refractivity (Wildman–Crippen MR) is 77.9 cm³/mol. The molecule has 0 amide bonds. The van der Waals surface area contributed by atoms with Gasteiger partial charge in [0.15, 0.2) is 0 Å². The molecule has 0 spiro atoms. The van der Waals surface area contributed by atoms with Crippen LogP contribution in [0.3, 0.4) is 0 Å². The maximum atomic E-state index is 3.82. The lowest BCUT2D eigenvalue weighted by Gasteiger charge is -2.40. The number of rotatable bonds is 3. The van der Waals surface area contributed by atoms with E-state index in [-0.39, 0.29) is 0 Å². The van der Waals surface area contributed by atoms with E-state index < -0.39 is 0 Å². The maximum Gasteiger partial charge on any atom is 0.0303 e. The molecule has 1 N–H and O–H groups in total. The van der Waals surface area contributed by atoms with Gasteiger partial charge in [0.2, 0.25) is 0 Å². The van der Waals surface area contributed by atoms with Crippen molar-refractivity contribution in [1.82, 2.24) is 10.2 Å². The molecule has 2 fully saturated rings. The predicted octanol–water partition coefficient (Wildman–Crippen LogP) is 2.74. The Labute approximate surface area is 111 Å². The Morgan fingerprint density at radius 2 is 1.94 bits per heavy atom. The molecule has 100 valence electrons. The fraction of sp³-hybridized carbons (Fsp3) is 1.00. The van der Waals surface area contributed by atoms with Crippen molar-refractivity contribution in [1.29, 1.82) is 0 Å². The minimum Gasteiger partial charge on any atom is -0.310 e. The Balaban J connectivity index is 2.00. The molecule has 17 heavy (non-hydrogen) atoms. The summed E-state index contributed by atoms with van der Waals surface area (Å²) in [4.78, 5) is 2.80. The number of hydrogen-bond donors (Lipinski definition) is 1. The summed E-state index contributed by atoms with van der Waals surface area (Å²) in [5.74, 6) is 2.75. The average Bonchev–Trinajstić information content (AvgIpc) is 2.63. The van der Waals surface area contributed by atoms with Gasteiger partial charge in [-0.05, 0) is 56.7 Å². The maximum absolute atomic E-state index is 3.82. The zero-order valence-corrected chi connectivity index (χ0v) is 12.3. The van der Waals surface area contributed by atoms with Gasteiger partial charge in [0.1, 0.15) is 0 Å². The Hall–Kier alpha value is 0.270. The molecule has 0 saturated carbocycles. The number of nitrogens with one attached hydrogen (secondary N) is 1. The van der Waals surface area contributed by atoms with E-state index in [2.05, 4.69) is 35.8 Å². The third-order valence-corrected chi connectivity index (χ3v) is 5.74. The van der Waals surface area contributed by atoms with E-state index in [0.717, 1.165) is 6.04 Å². The third-order valence-electron chi connectivity index (χ3n) is 4.69. The Morgan fingerprint density at radius 3 is 2.59 bits per heavy atom. The van der Waals surface area contributed by atoms with Gasteiger partial charge in [0.25, 0.3) is 0 Å². The molecule has 2 aliphatic rings. The highest BCUT2D eigenvalue weighted by Gasteiger charge is 2.33. The van der Waals surface area contributed by atoms with Crippen molar-refractivity contribution < 1.29 is 0 Å². The van der Waals surface area contributed by atoms with Crippen molar-refractivity contribution in [2.45, 2.75) is 57.5 Å². The lowest BCUT2D eigenvalue weighted by atomic mass is 9.91. The van der Waals surface area contributed by atoms with Gasteiger partial charge in [0.05, 0.1) is 0 Å². The van der Waals surface area contributed by atoms with Crippen LogP contribution in [0.25, 0.3) is 0 Å². The van der Waals surface area contributed by atoms with Crippen molar-refractivity contribution in [3.8, 4) is 0 Å². The summed E-state index contributed by atoms with van der Waals surface area (Å²) < 4.78 is 0. The molecular weight excluding hydrogens is 228 g/mol. The number of nitrogens with zero attached hydrogens (tertiary/aromatic N) is 1. The molecule has 0 aromatic carbocycles. The van der Waals surface area contributed by atoms with Gasteiger partial charge in [-0.25, -0.2) is 0 Å². The van der Waals surface area contributed by atoms with E-state index in [4.69, 9.17) is 0 Å².